The molecule has 1 saturated carbocycles. The fourth-order valence-corrected chi connectivity index (χ4v) is 2.50. The number of halogens is 3. The summed E-state index contributed by atoms with van der Waals surface area (Å²) in [5, 5.41) is 3.32. The second-order valence-electron chi connectivity index (χ2n) is 5.16. The minimum atomic E-state index is -0.411. The van der Waals surface area contributed by atoms with Crippen LogP contribution in [0.15, 0.2) is 40.9 Å². The molecular formula is C16H14BrF2NO. The van der Waals surface area contributed by atoms with E-state index in [4.69, 9.17) is 4.74 Å². The summed E-state index contributed by atoms with van der Waals surface area (Å²) in [6, 6.07) is 9.31. The Morgan fingerprint density at radius 3 is 2.33 bits per heavy atom. The average molecular weight is 354 g/mol. The van der Waals surface area contributed by atoms with Gasteiger partial charge >= 0.3 is 0 Å². The third kappa shape index (κ3) is 4.25. The Kier molecular flexibility index (Phi) is 4.22. The molecule has 0 unspecified atom stereocenters. The van der Waals surface area contributed by atoms with Gasteiger partial charge in [-0.2, -0.15) is 0 Å². The zero-order valence-corrected chi connectivity index (χ0v) is 12.8. The van der Waals surface area contributed by atoms with Gasteiger partial charge in [-0.15, -0.1) is 0 Å². The minimum absolute atomic E-state index is 0.327. The van der Waals surface area contributed by atoms with E-state index in [9.17, 15) is 8.78 Å². The van der Waals surface area contributed by atoms with Crippen molar-refractivity contribution in [3.63, 3.8) is 0 Å². The van der Waals surface area contributed by atoms with E-state index in [1.165, 1.54) is 37.1 Å². The monoisotopic (exact) mass is 353 g/mol. The Bertz CT molecular complexity index is 638. The van der Waals surface area contributed by atoms with Crippen molar-refractivity contribution in [2.45, 2.75) is 25.4 Å². The molecule has 0 amide bonds. The van der Waals surface area contributed by atoms with Crippen molar-refractivity contribution >= 4 is 15.9 Å². The standard InChI is InChI=1S/C16H14BrF2NO/c17-11-5-13(19)8-16(6-11)21-15-4-10(3-12(18)7-15)9-20-14-1-2-14/h3-8,14,20H,1-2,9H2. The van der Waals surface area contributed by atoms with Gasteiger partial charge in [-0.25, -0.2) is 8.78 Å². The zero-order valence-electron chi connectivity index (χ0n) is 11.2. The van der Waals surface area contributed by atoms with Gasteiger partial charge in [0, 0.05) is 29.2 Å². The maximum atomic E-state index is 13.6. The molecule has 1 fully saturated rings. The molecule has 2 nitrogen and oxygen atoms in total. The van der Waals surface area contributed by atoms with Gasteiger partial charge in [0.25, 0.3) is 0 Å². The predicted octanol–water partition coefficient (Wildman–Crippen LogP) is 4.77. The Balaban J connectivity index is 1.76. The molecule has 5 heteroatoms. The summed E-state index contributed by atoms with van der Waals surface area (Å²) < 4.78 is 33.1. The molecule has 0 heterocycles. The molecule has 0 atom stereocenters. The molecule has 1 aliphatic carbocycles. The summed E-state index contributed by atoms with van der Waals surface area (Å²) in [5.74, 6) is -0.0874. The van der Waals surface area contributed by atoms with Crippen LogP contribution >= 0.6 is 15.9 Å². The fourth-order valence-electron chi connectivity index (χ4n) is 2.05. The van der Waals surface area contributed by atoms with E-state index >= 15 is 0 Å². The summed E-state index contributed by atoms with van der Waals surface area (Å²) in [6.45, 7) is 0.603. The number of hydrogen-bond acceptors (Lipinski definition) is 2. The number of rotatable bonds is 5. The molecule has 0 spiro atoms. The lowest BCUT2D eigenvalue weighted by Crippen LogP contribution is -2.15. The quantitative estimate of drug-likeness (QED) is 0.835. The lowest BCUT2D eigenvalue weighted by atomic mass is 10.2. The molecule has 0 radical (unpaired) electrons. The topological polar surface area (TPSA) is 21.3 Å². The Labute approximate surface area is 130 Å². The van der Waals surface area contributed by atoms with Gasteiger partial charge in [-0.05, 0) is 42.7 Å². The van der Waals surface area contributed by atoms with Crippen molar-refractivity contribution in [2.24, 2.45) is 0 Å². The lowest BCUT2D eigenvalue weighted by molar-refractivity contribution is 0.469. The largest absolute Gasteiger partial charge is 0.457 e. The van der Waals surface area contributed by atoms with Crippen LogP contribution < -0.4 is 10.1 Å². The summed E-state index contributed by atoms with van der Waals surface area (Å²) in [6.07, 6.45) is 2.35. The molecule has 0 aliphatic heterocycles. The number of hydrogen-bond donors (Lipinski definition) is 1. The van der Waals surface area contributed by atoms with Gasteiger partial charge in [0.2, 0.25) is 0 Å². The third-order valence-electron chi connectivity index (χ3n) is 3.18. The highest BCUT2D eigenvalue weighted by molar-refractivity contribution is 9.10. The van der Waals surface area contributed by atoms with Crippen LogP contribution in [0.5, 0.6) is 11.5 Å². The van der Waals surface area contributed by atoms with Crippen molar-refractivity contribution in [1.29, 1.82) is 0 Å². The van der Waals surface area contributed by atoms with Crippen molar-refractivity contribution in [3.8, 4) is 11.5 Å². The smallest absolute Gasteiger partial charge is 0.131 e. The van der Waals surface area contributed by atoms with Crippen LogP contribution in [0.3, 0.4) is 0 Å². The van der Waals surface area contributed by atoms with E-state index in [1.807, 2.05) is 0 Å². The molecule has 2 aromatic rings. The molecule has 110 valence electrons. The van der Waals surface area contributed by atoms with E-state index in [1.54, 1.807) is 12.1 Å². The molecule has 0 saturated heterocycles. The summed E-state index contributed by atoms with van der Waals surface area (Å²) in [7, 11) is 0. The summed E-state index contributed by atoms with van der Waals surface area (Å²) in [4.78, 5) is 0. The van der Waals surface area contributed by atoms with Crippen LogP contribution in [-0.2, 0) is 6.54 Å². The van der Waals surface area contributed by atoms with E-state index in [-0.39, 0.29) is 5.82 Å². The van der Waals surface area contributed by atoms with Crippen LogP contribution in [0.4, 0.5) is 8.78 Å². The zero-order chi connectivity index (χ0) is 14.8. The first-order valence-corrected chi connectivity index (χ1v) is 7.54. The molecular weight excluding hydrogens is 340 g/mol. The van der Waals surface area contributed by atoms with E-state index in [2.05, 4.69) is 21.2 Å². The van der Waals surface area contributed by atoms with Crippen LogP contribution in [0.25, 0.3) is 0 Å². The minimum Gasteiger partial charge on any atom is -0.457 e. The van der Waals surface area contributed by atoms with Crippen molar-refractivity contribution in [2.75, 3.05) is 0 Å². The molecule has 0 bridgehead atoms. The highest BCUT2D eigenvalue weighted by Crippen LogP contribution is 2.27. The SMILES string of the molecule is Fc1cc(Br)cc(Oc2cc(F)cc(CNC3CC3)c2)c1. The normalized spacial score (nSPS) is 14.2. The second kappa shape index (κ2) is 6.12. The van der Waals surface area contributed by atoms with Gasteiger partial charge < -0.3 is 10.1 Å². The number of benzene rings is 2. The molecule has 21 heavy (non-hydrogen) atoms. The van der Waals surface area contributed by atoms with Crippen LogP contribution in [0.2, 0.25) is 0 Å². The third-order valence-corrected chi connectivity index (χ3v) is 3.63. The number of nitrogens with one attached hydrogen (secondary N) is 1. The summed E-state index contributed by atoms with van der Waals surface area (Å²) in [5.41, 5.74) is 0.812. The first kappa shape index (κ1) is 14.5. The maximum absolute atomic E-state index is 13.6. The molecule has 1 N–H and O–H groups in total. The Hall–Kier alpha value is -1.46. The van der Waals surface area contributed by atoms with Crippen LogP contribution in [-0.4, -0.2) is 6.04 Å². The van der Waals surface area contributed by atoms with Crippen LogP contribution in [0, 0.1) is 11.6 Å². The Morgan fingerprint density at radius 1 is 1.00 bits per heavy atom. The molecule has 2 aromatic carbocycles. The molecule has 3 rings (SSSR count). The van der Waals surface area contributed by atoms with Gasteiger partial charge in [0.05, 0.1) is 0 Å². The predicted molar refractivity (Wildman–Crippen MR) is 80.4 cm³/mol. The second-order valence-corrected chi connectivity index (χ2v) is 6.07. The van der Waals surface area contributed by atoms with Gasteiger partial charge in [0.15, 0.2) is 0 Å². The fraction of sp³-hybridized carbons (Fsp3) is 0.250. The van der Waals surface area contributed by atoms with E-state index in [0.29, 0.717) is 28.6 Å². The lowest BCUT2D eigenvalue weighted by Gasteiger charge is -2.09. The Morgan fingerprint density at radius 2 is 1.67 bits per heavy atom. The van der Waals surface area contributed by atoms with Gasteiger partial charge in [-0.1, -0.05) is 15.9 Å². The van der Waals surface area contributed by atoms with Gasteiger partial charge in [-0.3, -0.25) is 0 Å². The van der Waals surface area contributed by atoms with Crippen molar-refractivity contribution in [3.05, 3.63) is 58.1 Å². The molecule has 0 aromatic heterocycles. The van der Waals surface area contributed by atoms with Crippen LogP contribution in [0.1, 0.15) is 18.4 Å². The highest BCUT2D eigenvalue weighted by Gasteiger charge is 2.20. The first-order chi connectivity index (χ1) is 10.1. The average Bonchev–Trinajstić information content (AvgIpc) is 3.18. The van der Waals surface area contributed by atoms with Crippen molar-refractivity contribution < 1.29 is 13.5 Å². The maximum Gasteiger partial charge on any atom is 0.131 e. The first-order valence-electron chi connectivity index (χ1n) is 6.75. The van der Waals surface area contributed by atoms with E-state index < -0.39 is 5.82 Å². The highest BCUT2D eigenvalue weighted by atomic mass is 79.9. The number of ether oxygens (including phenoxy) is 1. The van der Waals surface area contributed by atoms with Crippen molar-refractivity contribution in [1.82, 2.24) is 5.32 Å². The molecule has 1 aliphatic rings. The van der Waals surface area contributed by atoms with E-state index in [0.717, 1.165) is 5.56 Å². The summed E-state index contributed by atoms with van der Waals surface area (Å²) >= 11 is 3.20. The van der Waals surface area contributed by atoms with Gasteiger partial charge in [0.1, 0.15) is 23.1 Å².